The maximum atomic E-state index is 13.0. The zero-order chi connectivity index (χ0) is 40.0. The Morgan fingerprint density at radius 1 is 0.873 bits per heavy atom. The van der Waals surface area contributed by atoms with Gasteiger partial charge in [0, 0.05) is 41.7 Å². The number of halogens is 1. The molecule has 0 aliphatic rings. The van der Waals surface area contributed by atoms with E-state index in [9.17, 15) is 19.5 Å². The standard InChI is InChI=1S/C20H38N4O6.C19H16ClNO4/c1-18(2)4-6-24-16-19(22-23-24)17-30-15-14-29-13-12-28-11-10-27-9-8-26-7-5-20(25)21-3;1-11-15(10-18(22)23)16-9-14(25-2)7-8-17(16)21(11)19(24)12-3-5-13(20)6-4-12/h16,18H,4-15,17H2,1-3H3,(H,21,25);3-9H,10H2,1-2H3,(H,22,23). The maximum Gasteiger partial charge on any atom is 0.307 e. The van der Waals surface area contributed by atoms with E-state index >= 15 is 0 Å². The monoisotopic (exact) mass is 787 g/mol. The van der Waals surface area contributed by atoms with Crippen molar-refractivity contribution in [3.05, 3.63) is 76.2 Å². The fourth-order valence-electron chi connectivity index (χ4n) is 5.20. The molecule has 0 aliphatic heterocycles. The molecular weight excluding hydrogens is 734 g/mol. The molecule has 0 spiro atoms. The number of carboxylic acid groups (broad SMARTS) is 1. The highest BCUT2D eigenvalue weighted by Crippen LogP contribution is 2.31. The van der Waals surface area contributed by atoms with Crippen molar-refractivity contribution in [1.82, 2.24) is 24.9 Å². The Labute approximate surface area is 327 Å². The predicted molar refractivity (Wildman–Crippen MR) is 207 cm³/mol. The van der Waals surface area contributed by atoms with Crippen molar-refractivity contribution in [3.63, 3.8) is 0 Å². The highest BCUT2D eigenvalue weighted by atomic mass is 35.5. The Balaban J connectivity index is 0.000000299. The van der Waals surface area contributed by atoms with E-state index in [4.69, 9.17) is 40.0 Å². The van der Waals surface area contributed by atoms with Gasteiger partial charge < -0.3 is 38.8 Å². The van der Waals surface area contributed by atoms with Crippen molar-refractivity contribution in [2.24, 2.45) is 5.92 Å². The lowest BCUT2D eigenvalue weighted by Crippen LogP contribution is -2.20. The second kappa shape index (κ2) is 24.9. The van der Waals surface area contributed by atoms with Crippen LogP contribution in [0.5, 0.6) is 5.75 Å². The summed E-state index contributed by atoms with van der Waals surface area (Å²) in [6.07, 6.45) is 3.21. The van der Waals surface area contributed by atoms with Crippen molar-refractivity contribution >= 4 is 40.3 Å². The molecule has 2 aromatic heterocycles. The van der Waals surface area contributed by atoms with Gasteiger partial charge in [0.15, 0.2) is 0 Å². The molecule has 0 bridgehead atoms. The van der Waals surface area contributed by atoms with Crippen LogP contribution < -0.4 is 10.1 Å². The lowest BCUT2D eigenvalue weighted by Gasteiger charge is -2.08. The molecule has 0 radical (unpaired) electrons. The van der Waals surface area contributed by atoms with E-state index in [0.717, 1.165) is 18.7 Å². The van der Waals surface area contributed by atoms with Crippen LogP contribution in [-0.4, -0.2) is 116 Å². The molecule has 0 aliphatic carbocycles. The highest BCUT2D eigenvalue weighted by Gasteiger charge is 2.22. The summed E-state index contributed by atoms with van der Waals surface area (Å²) in [6, 6.07) is 11.9. The predicted octanol–water partition coefficient (Wildman–Crippen LogP) is 4.97. The molecule has 0 saturated heterocycles. The number of nitrogens with zero attached hydrogens (tertiary/aromatic N) is 4. The average Bonchev–Trinajstić information content (AvgIpc) is 3.74. The third kappa shape index (κ3) is 16.1. The zero-order valence-electron chi connectivity index (χ0n) is 32.4. The number of rotatable bonds is 24. The van der Waals surface area contributed by atoms with E-state index in [1.165, 1.54) is 4.57 Å². The Kier molecular flexibility index (Phi) is 20.4. The van der Waals surface area contributed by atoms with E-state index in [0.29, 0.717) is 117 Å². The molecule has 302 valence electrons. The molecule has 0 saturated carbocycles. The van der Waals surface area contributed by atoms with Crippen LogP contribution in [0.4, 0.5) is 0 Å². The van der Waals surface area contributed by atoms with E-state index in [1.807, 2.05) is 10.9 Å². The molecule has 16 heteroatoms. The minimum absolute atomic E-state index is 0.0281. The van der Waals surface area contributed by atoms with Crippen molar-refractivity contribution in [1.29, 1.82) is 0 Å². The number of benzene rings is 2. The second-order valence-electron chi connectivity index (χ2n) is 12.7. The van der Waals surface area contributed by atoms with Gasteiger partial charge in [-0.15, -0.1) is 5.10 Å². The molecular formula is C39H54ClN5O10. The summed E-state index contributed by atoms with van der Waals surface area (Å²) in [4.78, 5) is 35.2. The Hall–Kier alpha value is -4.38. The number of aliphatic carboxylic acids is 1. The number of ether oxygens (including phenoxy) is 6. The van der Waals surface area contributed by atoms with Gasteiger partial charge in [-0.1, -0.05) is 30.7 Å². The SMILES string of the molecule is CNC(=O)CCOCCOCCOCCOCCOCc1cn(CCC(C)C)nn1.COc1ccc2c(c1)c(CC(=O)O)c(C)n2C(=O)c1ccc(Cl)cc1. The summed E-state index contributed by atoms with van der Waals surface area (Å²) in [5.41, 5.74) is 3.16. The van der Waals surface area contributed by atoms with Crippen molar-refractivity contribution in [2.75, 3.05) is 73.6 Å². The number of nitrogens with one attached hydrogen (secondary N) is 1. The first-order chi connectivity index (χ1) is 26.5. The van der Waals surface area contributed by atoms with E-state index in [-0.39, 0.29) is 18.2 Å². The molecule has 2 aromatic carbocycles. The summed E-state index contributed by atoms with van der Waals surface area (Å²) >= 11 is 5.89. The van der Waals surface area contributed by atoms with Crippen LogP contribution in [0.25, 0.3) is 10.9 Å². The number of carbonyl (C=O) groups excluding carboxylic acids is 2. The van der Waals surface area contributed by atoms with Gasteiger partial charge in [-0.25, -0.2) is 0 Å². The first-order valence-electron chi connectivity index (χ1n) is 18.2. The van der Waals surface area contributed by atoms with Crippen molar-refractivity contribution in [3.8, 4) is 5.75 Å². The lowest BCUT2D eigenvalue weighted by molar-refractivity contribution is -0.136. The number of aromatic nitrogens is 4. The molecule has 0 atom stereocenters. The minimum atomic E-state index is -0.955. The van der Waals surface area contributed by atoms with Crippen molar-refractivity contribution < 1.29 is 47.9 Å². The van der Waals surface area contributed by atoms with Crippen LogP contribution in [0.15, 0.2) is 48.7 Å². The number of carbonyl (C=O) groups is 3. The highest BCUT2D eigenvalue weighted by molar-refractivity contribution is 6.30. The van der Waals surface area contributed by atoms with Crippen LogP contribution in [0.1, 0.15) is 54.0 Å². The minimum Gasteiger partial charge on any atom is -0.497 e. The van der Waals surface area contributed by atoms with Crippen LogP contribution in [-0.2, 0) is 52.8 Å². The first kappa shape index (κ1) is 45.0. The Morgan fingerprint density at radius 2 is 1.47 bits per heavy atom. The first-order valence-corrected chi connectivity index (χ1v) is 18.6. The number of carboxylic acids is 1. The number of aryl methyl sites for hydroxylation is 1. The van der Waals surface area contributed by atoms with E-state index in [1.54, 1.807) is 63.5 Å². The summed E-state index contributed by atoms with van der Waals surface area (Å²) in [7, 11) is 3.15. The van der Waals surface area contributed by atoms with Gasteiger partial charge in [-0.2, -0.15) is 0 Å². The Bertz CT molecular complexity index is 1760. The number of methoxy groups -OCH3 is 1. The van der Waals surface area contributed by atoms with E-state index < -0.39 is 5.97 Å². The number of hydrogen-bond acceptors (Lipinski definition) is 11. The third-order valence-corrected chi connectivity index (χ3v) is 8.43. The summed E-state index contributed by atoms with van der Waals surface area (Å²) in [5, 5.41) is 21.2. The quantitative estimate of drug-likeness (QED) is 0.0915. The largest absolute Gasteiger partial charge is 0.497 e. The number of amides is 1. The van der Waals surface area contributed by atoms with Gasteiger partial charge in [-0.05, 0) is 67.3 Å². The maximum absolute atomic E-state index is 13.0. The molecule has 2 heterocycles. The molecule has 0 fully saturated rings. The number of hydrogen-bond donors (Lipinski definition) is 2. The molecule has 4 aromatic rings. The van der Waals surface area contributed by atoms with Gasteiger partial charge in [0.2, 0.25) is 5.91 Å². The third-order valence-electron chi connectivity index (χ3n) is 8.18. The summed E-state index contributed by atoms with van der Waals surface area (Å²) in [5.74, 6) is 0.0363. The van der Waals surface area contributed by atoms with Gasteiger partial charge in [0.25, 0.3) is 5.91 Å². The van der Waals surface area contributed by atoms with E-state index in [2.05, 4.69) is 29.5 Å². The number of fused-ring (bicyclic) bond motifs is 1. The Morgan fingerprint density at radius 3 is 2.04 bits per heavy atom. The smallest absolute Gasteiger partial charge is 0.307 e. The molecule has 0 unspecified atom stereocenters. The molecule has 2 N–H and O–H groups in total. The van der Waals surface area contributed by atoms with Gasteiger partial charge >= 0.3 is 5.97 Å². The lowest BCUT2D eigenvalue weighted by atomic mass is 10.1. The normalized spacial score (nSPS) is 11.1. The second-order valence-corrected chi connectivity index (χ2v) is 13.2. The fraction of sp³-hybridized carbons (Fsp3) is 0.513. The van der Waals surface area contributed by atoms with Crippen LogP contribution >= 0.6 is 11.6 Å². The van der Waals surface area contributed by atoms with Crippen LogP contribution in [0.3, 0.4) is 0 Å². The summed E-state index contributed by atoms with van der Waals surface area (Å²) < 4.78 is 35.7. The fourth-order valence-corrected chi connectivity index (χ4v) is 5.32. The van der Waals surface area contributed by atoms with Gasteiger partial charge in [-0.3, -0.25) is 23.6 Å². The van der Waals surface area contributed by atoms with Crippen molar-refractivity contribution in [2.45, 2.75) is 53.2 Å². The summed E-state index contributed by atoms with van der Waals surface area (Å²) in [6.45, 7) is 11.8. The average molecular weight is 788 g/mol. The topological polar surface area (TPSA) is 174 Å². The van der Waals surface area contributed by atoms with Crippen LogP contribution in [0, 0.1) is 12.8 Å². The molecule has 1 amide bonds. The van der Waals surface area contributed by atoms with Gasteiger partial charge in [0.1, 0.15) is 11.4 Å². The molecule has 15 nitrogen and oxygen atoms in total. The van der Waals surface area contributed by atoms with Gasteiger partial charge in [0.05, 0.1) is 91.3 Å². The zero-order valence-corrected chi connectivity index (χ0v) is 33.1. The van der Waals surface area contributed by atoms with Crippen LogP contribution in [0.2, 0.25) is 5.02 Å². The molecule has 55 heavy (non-hydrogen) atoms. The molecule has 4 rings (SSSR count).